The van der Waals surface area contributed by atoms with Gasteiger partial charge in [0.15, 0.2) is 11.4 Å². The second-order valence-electron chi connectivity index (χ2n) is 9.36. The van der Waals surface area contributed by atoms with E-state index in [1.165, 1.54) is 18.1 Å². The summed E-state index contributed by atoms with van der Waals surface area (Å²) in [6.45, 7) is 3.69. The highest BCUT2D eigenvalue weighted by atomic mass is 16.6. The molecule has 3 saturated carbocycles. The Kier molecular flexibility index (Phi) is 3.43. The molecule has 4 aliphatic rings. The molecule has 2 bridgehead atoms. The summed E-state index contributed by atoms with van der Waals surface area (Å²) in [5, 5.41) is 0. The predicted octanol–water partition coefficient (Wildman–Crippen LogP) is 4.20. The van der Waals surface area contributed by atoms with E-state index in [1.54, 1.807) is 7.11 Å². The van der Waals surface area contributed by atoms with Crippen molar-refractivity contribution >= 4 is 11.8 Å². The van der Waals surface area contributed by atoms with E-state index in [1.807, 2.05) is 0 Å². The van der Waals surface area contributed by atoms with Gasteiger partial charge in [-0.15, -0.1) is 0 Å². The van der Waals surface area contributed by atoms with Gasteiger partial charge in [-0.05, 0) is 79.0 Å². The molecule has 5 rings (SSSR count). The maximum absolute atomic E-state index is 13.2. The van der Waals surface area contributed by atoms with Crippen molar-refractivity contribution in [1.82, 2.24) is 0 Å². The number of carbonyl (C=O) groups excluding carboxylic acids is 2. The Hall–Kier alpha value is -1.84. The van der Waals surface area contributed by atoms with Crippen LogP contribution in [-0.2, 0) is 20.7 Å². The minimum Gasteiger partial charge on any atom is -0.497 e. The molecule has 1 aromatic rings. The lowest BCUT2D eigenvalue weighted by Gasteiger charge is -2.56. The van der Waals surface area contributed by atoms with Crippen molar-refractivity contribution in [3.8, 4) is 5.75 Å². The van der Waals surface area contributed by atoms with Crippen LogP contribution in [-0.4, -0.2) is 24.5 Å². The van der Waals surface area contributed by atoms with Gasteiger partial charge in [-0.2, -0.15) is 0 Å². The number of hydrogen-bond acceptors (Lipinski definition) is 4. The molecule has 0 N–H and O–H groups in total. The number of aryl methyl sites for hydroxylation is 1. The number of carbonyl (C=O) groups is 2. The number of benzene rings is 1. The van der Waals surface area contributed by atoms with Crippen LogP contribution in [0.5, 0.6) is 5.75 Å². The first kappa shape index (κ1) is 17.3. The molecule has 0 heterocycles. The Morgan fingerprint density at radius 1 is 1.19 bits per heavy atom. The van der Waals surface area contributed by atoms with Gasteiger partial charge in [0, 0.05) is 18.8 Å². The molecule has 4 heteroatoms. The number of methoxy groups -OCH3 is 1. The average molecular weight is 368 g/mol. The fourth-order valence-corrected chi connectivity index (χ4v) is 7.63. The maximum atomic E-state index is 13.2. The van der Waals surface area contributed by atoms with Crippen molar-refractivity contribution in [2.24, 2.45) is 16.7 Å². The van der Waals surface area contributed by atoms with Crippen LogP contribution in [0.4, 0.5) is 0 Å². The first-order chi connectivity index (χ1) is 12.9. The Morgan fingerprint density at radius 2 is 2.00 bits per heavy atom. The van der Waals surface area contributed by atoms with Gasteiger partial charge in [0.25, 0.3) is 0 Å². The summed E-state index contributed by atoms with van der Waals surface area (Å²) in [4.78, 5) is 25.0. The van der Waals surface area contributed by atoms with E-state index in [0.717, 1.165) is 37.9 Å². The van der Waals surface area contributed by atoms with Crippen molar-refractivity contribution in [2.45, 2.75) is 70.3 Å². The average Bonchev–Trinajstić information content (AvgIpc) is 3.00. The van der Waals surface area contributed by atoms with Crippen LogP contribution < -0.4 is 4.74 Å². The van der Waals surface area contributed by atoms with Gasteiger partial charge in [-0.1, -0.05) is 13.0 Å². The highest BCUT2D eigenvalue weighted by Gasteiger charge is 2.79. The van der Waals surface area contributed by atoms with Crippen LogP contribution >= 0.6 is 0 Å². The van der Waals surface area contributed by atoms with E-state index in [4.69, 9.17) is 9.47 Å². The number of rotatable bonds is 2. The molecule has 5 atom stereocenters. The Balaban J connectivity index is 1.58. The summed E-state index contributed by atoms with van der Waals surface area (Å²) >= 11 is 0. The van der Waals surface area contributed by atoms with Crippen LogP contribution in [0, 0.1) is 16.7 Å². The molecule has 0 radical (unpaired) electrons. The molecule has 0 unspecified atom stereocenters. The Bertz CT molecular complexity index is 845. The second-order valence-corrected chi connectivity index (χ2v) is 9.36. The van der Waals surface area contributed by atoms with E-state index in [2.05, 4.69) is 25.1 Å². The molecule has 1 aromatic carbocycles. The molecule has 0 saturated heterocycles. The standard InChI is InChI=1S/C23H28O4/c1-14(24)27-23-11-10-22(13-20(23)25)19-7-4-15-12-16(26-3)5-6-17(15)18(19)8-9-21(22,23)2/h5-6,12,18-19H,4,7-11,13H2,1-3H3/t18-,19-,21+,22+,23+/m1/s1. The summed E-state index contributed by atoms with van der Waals surface area (Å²) in [6.07, 6.45) is 6.49. The first-order valence-corrected chi connectivity index (χ1v) is 10.3. The van der Waals surface area contributed by atoms with Gasteiger partial charge >= 0.3 is 5.97 Å². The molecule has 0 spiro atoms. The summed E-state index contributed by atoms with van der Waals surface area (Å²) in [5.74, 6) is 1.79. The minimum absolute atomic E-state index is 0.0138. The van der Waals surface area contributed by atoms with Crippen molar-refractivity contribution in [2.75, 3.05) is 7.11 Å². The number of ether oxygens (including phenoxy) is 2. The zero-order chi connectivity index (χ0) is 19.0. The van der Waals surface area contributed by atoms with Gasteiger partial charge in [-0.25, -0.2) is 0 Å². The SMILES string of the molecule is COc1ccc2c(c1)CC[C@@H]1[C@@H]2CC[C@@]2(C)[C@]13CC[C@]2(OC(C)=O)C(=O)C3. The molecule has 27 heavy (non-hydrogen) atoms. The van der Waals surface area contributed by atoms with E-state index < -0.39 is 5.60 Å². The third-order valence-corrected chi connectivity index (χ3v) is 8.78. The first-order valence-electron chi connectivity index (χ1n) is 10.3. The molecular weight excluding hydrogens is 340 g/mol. The van der Waals surface area contributed by atoms with Crippen molar-refractivity contribution < 1.29 is 19.1 Å². The van der Waals surface area contributed by atoms with Crippen LogP contribution in [0.1, 0.15) is 69.4 Å². The van der Waals surface area contributed by atoms with Gasteiger partial charge in [0.2, 0.25) is 0 Å². The van der Waals surface area contributed by atoms with Crippen LogP contribution in [0.25, 0.3) is 0 Å². The van der Waals surface area contributed by atoms with Crippen molar-refractivity contribution in [1.29, 1.82) is 0 Å². The monoisotopic (exact) mass is 368 g/mol. The van der Waals surface area contributed by atoms with E-state index >= 15 is 0 Å². The highest BCUT2D eigenvalue weighted by Crippen LogP contribution is 2.77. The lowest BCUT2D eigenvalue weighted by atomic mass is 9.48. The molecule has 0 amide bonds. The largest absolute Gasteiger partial charge is 0.497 e. The maximum Gasteiger partial charge on any atom is 0.303 e. The minimum atomic E-state index is -0.871. The Labute approximate surface area is 160 Å². The van der Waals surface area contributed by atoms with Crippen LogP contribution in [0.2, 0.25) is 0 Å². The quantitative estimate of drug-likeness (QED) is 0.734. The third kappa shape index (κ3) is 1.89. The number of ketones is 1. The normalized spacial score (nSPS) is 41.5. The zero-order valence-corrected chi connectivity index (χ0v) is 16.5. The molecule has 4 nitrogen and oxygen atoms in total. The lowest BCUT2D eigenvalue weighted by Crippen LogP contribution is -2.54. The highest BCUT2D eigenvalue weighted by molar-refractivity contribution is 5.95. The smallest absolute Gasteiger partial charge is 0.303 e. The van der Waals surface area contributed by atoms with Crippen LogP contribution in [0.3, 0.4) is 0 Å². The van der Waals surface area contributed by atoms with Crippen molar-refractivity contribution in [3.63, 3.8) is 0 Å². The molecular formula is C23H28O4. The topological polar surface area (TPSA) is 52.6 Å². The molecule has 0 aromatic heterocycles. The zero-order valence-electron chi connectivity index (χ0n) is 16.5. The van der Waals surface area contributed by atoms with Gasteiger partial charge in [0.05, 0.1) is 7.11 Å². The van der Waals surface area contributed by atoms with Crippen molar-refractivity contribution in [3.05, 3.63) is 29.3 Å². The number of Topliss-reactive ketones (excluding diaryl/α,β-unsaturated/α-hetero) is 1. The van der Waals surface area contributed by atoms with E-state index in [-0.39, 0.29) is 22.6 Å². The number of fused-ring (bicyclic) bond motifs is 3. The van der Waals surface area contributed by atoms with Gasteiger partial charge in [-0.3, -0.25) is 9.59 Å². The third-order valence-electron chi connectivity index (χ3n) is 8.78. The predicted molar refractivity (Wildman–Crippen MR) is 101 cm³/mol. The summed E-state index contributed by atoms with van der Waals surface area (Å²) in [7, 11) is 1.72. The number of esters is 1. The van der Waals surface area contributed by atoms with Gasteiger partial charge in [0.1, 0.15) is 5.75 Å². The second kappa shape index (κ2) is 5.36. The summed E-state index contributed by atoms with van der Waals surface area (Å²) in [6, 6.07) is 6.51. The molecule has 144 valence electrons. The van der Waals surface area contributed by atoms with E-state index in [9.17, 15) is 9.59 Å². The molecule has 3 fully saturated rings. The Morgan fingerprint density at radius 3 is 2.70 bits per heavy atom. The van der Waals surface area contributed by atoms with Gasteiger partial charge < -0.3 is 9.47 Å². The van der Waals surface area contributed by atoms with Crippen LogP contribution in [0.15, 0.2) is 18.2 Å². The fraction of sp³-hybridized carbons (Fsp3) is 0.652. The number of hydrogen-bond donors (Lipinski definition) is 0. The fourth-order valence-electron chi connectivity index (χ4n) is 7.63. The summed E-state index contributed by atoms with van der Waals surface area (Å²) < 4.78 is 11.3. The molecule has 0 aliphatic heterocycles. The lowest BCUT2D eigenvalue weighted by molar-refractivity contribution is -0.178. The molecule has 4 aliphatic carbocycles. The summed E-state index contributed by atoms with van der Waals surface area (Å²) in [5.41, 5.74) is 1.76. The van der Waals surface area contributed by atoms with E-state index in [0.29, 0.717) is 24.7 Å².